The minimum Gasteiger partial charge on any atom is -0.353 e. The largest absolute Gasteiger partial charge is 0.353 e. The van der Waals surface area contributed by atoms with Gasteiger partial charge in [0, 0.05) is 29.1 Å². The fourth-order valence-electron chi connectivity index (χ4n) is 2.45. The van der Waals surface area contributed by atoms with Crippen molar-refractivity contribution < 1.29 is 4.79 Å². The molecule has 1 atom stereocenters. The van der Waals surface area contributed by atoms with Gasteiger partial charge in [-0.3, -0.25) is 4.79 Å². The van der Waals surface area contributed by atoms with Gasteiger partial charge >= 0.3 is 0 Å². The zero-order valence-corrected chi connectivity index (χ0v) is 11.9. The van der Waals surface area contributed by atoms with Crippen LogP contribution in [-0.2, 0) is 4.79 Å². The van der Waals surface area contributed by atoms with Crippen LogP contribution in [0.2, 0.25) is 0 Å². The number of amides is 1. The molecule has 0 bridgehead atoms. The first kappa shape index (κ1) is 13.6. The van der Waals surface area contributed by atoms with E-state index >= 15 is 0 Å². The summed E-state index contributed by atoms with van der Waals surface area (Å²) in [5.41, 5.74) is 5.62. The van der Waals surface area contributed by atoms with Crippen molar-refractivity contribution in [1.82, 2.24) is 5.32 Å². The van der Waals surface area contributed by atoms with E-state index in [0.717, 1.165) is 38.0 Å². The Bertz CT molecular complexity index is 261. The molecule has 3 nitrogen and oxygen atoms in total. The second kappa shape index (κ2) is 6.34. The molecule has 5 heteroatoms. The molecule has 2 fully saturated rings. The minimum atomic E-state index is -0.579. The molecule has 98 valence electrons. The number of hydrogen-bond acceptors (Lipinski definition) is 4. The molecule has 2 rings (SSSR count). The Morgan fingerprint density at radius 1 is 1.29 bits per heavy atom. The van der Waals surface area contributed by atoms with Crippen molar-refractivity contribution in [3.63, 3.8) is 0 Å². The third-order valence-electron chi connectivity index (χ3n) is 3.57. The Morgan fingerprint density at radius 3 is 2.71 bits per heavy atom. The maximum Gasteiger partial charge on any atom is 0.240 e. The molecule has 1 amide bonds. The standard InChI is InChI=1S/C12H22N2OS2/c13-12(4-2-1-3-5-12)11(15)14-8-10-9-16-6-7-17-10/h10H,1-9,13H2,(H,14,15). The molecule has 0 spiro atoms. The lowest BCUT2D eigenvalue weighted by atomic mass is 9.82. The summed E-state index contributed by atoms with van der Waals surface area (Å²) >= 11 is 3.96. The molecule has 1 saturated carbocycles. The van der Waals surface area contributed by atoms with Crippen LogP contribution in [-0.4, -0.2) is 40.5 Å². The van der Waals surface area contributed by atoms with Gasteiger partial charge in [-0.2, -0.15) is 23.5 Å². The summed E-state index contributed by atoms with van der Waals surface area (Å²) in [5.74, 6) is 3.69. The Morgan fingerprint density at radius 2 is 2.06 bits per heavy atom. The molecule has 0 aromatic rings. The molecule has 2 aliphatic rings. The average Bonchev–Trinajstić information content (AvgIpc) is 2.38. The fraction of sp³-hybridized carbons (Fsp3) is 0.917. The molecule has 1 unspecified atom stereocenters. The third-order valence-corrected chi connectivity index (χ3v) is 6.42. The van der Waals surface area contributed by atoms with E-state index in [0.29, 0.717) is 5.25 Å². The summed E-state index contributed by atoms with van der Waals surface area (Å²) in [5, 5.41) is 3.64. The highest BCUT2D eigenvalue weighted by Crippen LogP contribution is 2.27. The van der Waals surface area contributed by atoms with Crippen LogP contribution < -0.4 is 11.1 Å². The van der Waals surface area contributed by atoms with Crippen LogP contribution in [0.5, 0.6) is 0 Å². The van der Waals surface area contributed by atoms with Crippen molar-refractivity contribution in [2.75, 3.05) is 23.8 Å². The maximum atomic E-state index is 12.1. The lowest BCUT2D eigenvalue weighted by molar-refractivity contribution is -0.127. The van der Waals surface area contributed by atoms with Gasteiger partial charge in [-0.05, 0) is 12.8 Å². The van der Waals surface area contributed by atoms with Crippen LogP contribution >= 0.6 is 23.5 Å². The van der Waals surface area contributed by atoms with Crippen molar-refractivity contribution in [3.05, 3.63) is 0 Å². The minimum absolute atomic E-state index is 0.0772. The normalized spacial score (nSPS) is 28.6. The first-order valence-electron chi connectivity index (χ1n) is 6.47. The van der Waals surface area contributed by atoms with E-state index in [-0.39, 0.29) is 5.91 Å². The lowest BCUT2D eigenvalue weighted by Gasteiger charge is -2.32. The number of carbonyl (C=O) groups is 1. The quantitative estimate of drug-likeness (QED) is 0.821. The Kier molecular flexibility index (Phi) is 5.06. The van der Waals surface area contributed by atoms with Crippen LogP contribution in [0.3, 0.4) is 0 Å². The number of rotatable bonds is 3. The van der Waals surface area contributed by atoms with Gasteiger partial charge in [0.1, 0.15) is 0 Å². The molecule has 0 aromatic carbocycles. The van der Waals surface area contributed by atoms with E-state index in [1.807, 2.05) is 23.5 Å². The predicted molar refractivity (Wildman–Crippen MR) is 76.6 cm³/mol. The second-order valence-electron chi connectivity index (χ2n) is 4.99. The van der Waals surface area contributed by atoms with E-state index in [2.05, 4.69) is 5.32 Å². The molecule has 1 aliphatic heterocycles. The smallest absolute Gasteiger partial charge is 0.240 e. The van der Waals surface area contributed by atoms with Gasteiger partial charge < -0.3 is 11.1 Å². The van der Waals surface area contributed by atoms with Gasteiger partial charge in [-0.15, -0.1) is 0 Å². The van der Waals surface area contributed by atoms with Gasteiger partial charge in [0.05, 0.1) is 5.54 Å². The highest BCUT2D eigenvalue weighted by atomic mass is 32.2. The summed E-state index contributed by atoms with van der Waals surface area (Å²) in [6.45, 7) is 0.787. The zero-order chi connectivity index (χ0) is 12.1. The SMILES string of the molecule is NC1(C(=O)NCC2CSCCS2)CCCCC1. The number of carbonyl (C=O) groups excluding carboxylic acids is 1. The van der Waals surface area contributed by atoms with Gasteiger partial charge in [0.15, 0.2) is 0 Å². The molecular weight excluding hydrogens is 252 g/mol. The topological polar surface area (TPSA) is 55.1 Å². The molecule has 1 heterocycles. The monoisotopic (exact) mass is 274 g/mol. The molecule has 1 aliphatic carbocycles. The van der Waals surface area contributed by atoms with Crippen molar-refractivity contribution in [1.29, 1.82) is 0 Å². The summed E-state index contributed by atoms with van der Waals surface area (Å²) < 4.78 is 0. The highest BCUT2D eigenvalue weighted by Gasteiger charge is 2.35. The first-order valence-corrected chi connectivity index (χ1v) is 8.68. The molecular formula is C12H22N2OS2. The summed E-state index contributed by atoms with van der Waals surface area (Å²) in [7, 11) is 0. The molecule has 1 saturated heterocycles. The van der Waals surface area contributed by atoms with Gasteiger partial charge in [0.25, 0.3) is 0 Å². The average molecular weight is 274 g/mol. The maximum absolute atomic E-state index is 12.1. The molecule has 17 heavy (non-hydrogen) atoms. The highest BCUT2D eigenvalue weighted by molar-refractivity contribution is 8.06. The van der Waals surface area contributed by atoms with E-state index in [4.69, 9.17) is 5.73 Å². The molecule has 3 N–H and O–H groups in total. The zero-order valence-electron chi connectivity index (χ0n) is 10.2. The Balaban J connectivity index is 1.75. The number of thioether (sulfide) groups is 2. The van der Waals surface area contributed by atoms with Crippen LogP contribution in [0.25, 0.3) is 0 Å². The Hall–Kier alpha value is 0.130. The molecule has 0 radical (unpaired) electrons. The summed E-state index contributed by atoms with van der Waals surface area (Å²) in [6.07, 6.45) is 5.12. The third kappa shape index (κ3) is 3.80. The van der Waals surface area contributed by atoms with Crippen LogP contribution in [0.15, 0.2) is 0 Å². The van der Waals surface area contributed by atoms with Crippen LogP contribution in [0.4, 0.5) is 0 Å². The number of nitrogens with one attached hydrogen (secondary N) is 1. The molecule has 0 aromatic heterocycles. The number of nitrogens with two attached hydrogens (primary N) is 1. The predicted octanol–water partition coefficient (Wildman–Crippen LogP) is 1.61. The second-order valence-corrected chi connectivity index (χ2v) is 7.55. The lowest BCUT2D eigenvalue weighted by Crippen LogP contribution is -2.56. The van der Waals surface area contributed by atoms with Crippen molar-refractivity contribution in [2.45, 2.75) is 42.9 Å². The van der Waals surface area contributed by atoms with Crippen LogP contribution in [0.1, 0.15) is 32.1 Å². The van der Waals surface area contributed by atoms with E-state index < -0.39 is 5.54 Å². The Labute approximate surface area is 112 Å². The number of hydrogen-bond donors (Lipinski definition) is 2. The van der Waals surface area contributed by atoms with E-state index in [9.17, 15) is 4.79 Å². The van der Waals surface area contributed by atoms with E-state index in [1.165, 1.54) is 17.9 Å². The van der Waals surface area contributed by atoms with Crippen molar-refractivity contribution in [3.8, 4) is 0 Å². The van der Waals surface area contributed by atoms with E-state index in [1.54, 1.807) is 0 Å². The van der Waals surface area contributed by atoms with Gasteiger partial charge in [-0.1, -0.05) is 19.3 Å². The van der Waals surface area contributed by atoms with Gasteiger partial charge in [0.2, 0.25) is 5.91 Å². The van der Waals surface area contributed by atoms with Crippen LogP contribution in [0, 0.1) is 0 Å². The van der Waals surface area contributed by atoms with Crippen molar-refractivity contribution >= 4 is 29.4 Å². The van der Waals surface area contributed by atoms with Crippen molar-refractivity contribution in [2.24, 2.45) is 5.73 Å². The summed E-state index contributed by atoms with van der Waals surface area (Å²) in [4.78, 5) is 12.1. The fourth-order valence-corrected chi connectivity index (χ4v) is 5.06. The first-order chi connectivity index (χ1) is 8.21. The van der Waals surface area contributed by atoms with Gasteiger partial charge in [-0.25, -0.2) is 0 Å². The summed E-state index contributed by atoms with van der Waals surface area (Å²) in [6, 6.07) is 0.